The van der Waals surface area contributed by atoms with E-state index in [0.29, 0.717) is 28.5 Å². The van der Waals surface area contributed by atoms with Crippen molar-refractivity contribution in [3.8, 4) is 22.9 Å². The van der Waals surface area contributed by atoms with Crippen LogP contribution in [0.2, 0.25) is 0 Å². The predicted octanol–water partition coefficient (Wildman–Crippen LogP) is 3.83. The van der Waals surface area contributed by atoms with Crippen LogP contribution in [0, 0.1) is 0 Å². The molecule has 0 amide bonds. The number of aliphatic carboxylic acids is 1. The van der Waals surface area contributed by atoms with E-state index >= 15 is 0 Å². The van der Waals surface area contributed by atoms with E-state index in [1.54, 1.807) is 31.4 Å². The van der Waals surface area contributed by atoms with Crippen molar-refractivity contribution < 1.29 is 23.9 Å². The van der Waals surface area contributed by atoms with Gasteiger partial charge in [-0.05, 0) is 46.7 Å². The molecule has 0 saturated heterocycles. The Hall–Kier alpha value is -3.13. The van der Waals surface area contributed by atoms with Gasteiger partial charge < -0.3 is 19.1 Å². The maximum Gasteiger partial charge on any atom is 0.308 e. The van der Waals surface area contributed by atoms with E-state index in [-0.39, 0.29) is 12.3 Å². The summed E-state index contributed by atoms with van der Waals surface area (Å²) in [5.74, 6) is 0.656. The van der Waals surface area contributed by atoms with Gasteiger partial charge in [-0.15, -0.1) is 0 Å². The minimum Gasteiger partial charge on any atom is -0.493 e. The highest BCUT2D eigenvalue weighted by molar-refractivity contribution is 7.08. The second-order valence-electron chi connectivity index (χ2n) is 5.29. The number of thiophene rings is 1. The van der Waals surface area contributed by atoms with Gasteiger partial charge in [-0.2, -0.15) is 16.3 Å². The molecule has 0 radical (unpaired) electrons. The molecule has 8 heteroatoms. The molecule has 134 valence electrons. The number of hydrogen-bond acceptors (Lipinski definition) is 7. The van der Waals surface area contributed by atoms with Gasteiger partial charge in [0.1, 0.15) is 0 Å². The van der Waals surface area contributed by atoms with Gasteiger partial charge in [0.25, 0.3) is 5.89 Å². The minimum absolute atomic E-state index is 0.170. The van der Waals surface area contributed by atoms with Gasteiger partial charge in [-0.3, -0.25) is 4.79 Å². The van der Waals surface area contributed by atoms with E-state index < -0.39 is 5.97 Å². The van der Waals surface area contributed by atoms with Crippen LogP contribution < -0.4 is 9.47 Å². The molecule has 0 bridgehead atoms. The Kier molecular flexibility index (Phi) is 5.33. The quantitative estimate of drug-likeness (QED) is 0.673. The first-order valence-electron chi connectivity index (χ1n) is 7.61. The average Bonchev–Trinajstić information content (AvgIpc) is 3.32. The Morgan fingerprint density at radius 3 is 2.73 bits per heavy atom. The normalized spacial score (nSPS) is 11.4. The van der Waals surface area contributed by atoms with Gasteiger partial charge in [-0.1, -0.05) is 5.16 Å². The van der Waals surface area contributed by atoms with Crippen molar-refractivity contribution in [1.29, 1.82) is 0 Å². The third kappa shape index (κ3) is 3.92. The molecule has 1 N–H and O–H groups in total. The Morgan fingerprint density at radius 1 is 1.27 bits per heavy atom. The monoisotopic (exact) mass is 372 g/mol. The summed E-state index contributed by atoms with van der Waals surface area (Å²) in [7, 11) is 3.09. The number of carboxylic acids is 1. The van der Waals surface area contributed by atoms with E-state index in [2.05, 4.69) is 10.1 Å². The van der Waals surface area contributed by atoms with Crippen LogP contribution in [0.5, 0.6) is 11.5 Å². The first kappa shape index (κ1) is 17.7. The van der Waals surface area contributed by atoms with Gasteiger partial charge in [0, 0.05) is 11.1 Å². The van der Waals surface area contributed by atoms with Crippen LogP contribution in [0.4, 0.5) is 0 Å². The fraction of sp³-hybridized carbons (Fsp3) is 0.167. The molecule has 2 heterocycles. The van der Waals surface area contributed by atoms with E-state index in [4.69, 9.17) is 19.1 Å². The zero-order valence-electron chi connectivity index (χ0n) is 14.1. The first-order valence-corrected chi connectivity index (χ1v) is 8.56. The zero-order chi connectivity index (χ0) is 18.5. The molecule has 0 unspecified atom stereocenters. The number of rotatable bonds is 7. The van der Waals surface area contributed by atoms with Gasteiger partial charge in [0.2, 0.25) is 5.82 Å². The van der Waals surface area contributed by atoms with Crippen LogP contribution in [0.25, 0.3) is 23.0 Å². The summed E-state index contributed by atoms with van der Waals surface area (Å²) >= 11 is 1.52. The average molecular weight is 372 g/mol. The Labute approximate surface area is 153 Å². The molecule has 2 aromatic heterocycles. The van der Waals surface area contributed by atoms with E-state index in [9.17, 15) is 4.79 Å². The van der Waals surface area contributed by atoms with Crippen LogP contribution in [-0.4, -0.2) is 35.4 Å². The molecule has 0 fully saturated rings. The summed E-state index contributed by atoms with van der Waals surface area (Å²) in [6.45, 7) is 0. The highest BCUT2D eigenvalue weighted by Crippen LogP contribution is 2.32. The molecule has 0 aliphatic carbocycles. The lowest BCUT2D eigenvalue weighted by Gasteiger charge is -2.07. The summed E-state index contributed by atoms with van der Waals surface area (Å²) < 4.78 is 15.8. The number of hydrogen-bond donors (Lipinski definition) is 1. The van der Waals surface area contributed by atoms with E-state index in [0.717, 1.165) is 5.56 Å². The van der Waals surface area contributed by atoms with Crippen molar-refractivity contribution in [3.05, 3.63) is 46.5 Å². The Morgan fingerprint density at radius 2 is 2.08 bits per heavy atom. The van der Waals surface area contributed by atoms with E-state index in [1.165, 1.54) is 18.4 Å². The SMILES string of the molecule is COc1ccc(-c2noc(/C(=C/c3ccsc3)CC(=O)O)n2)cc1OC. The molecule has 0 saturated carbocycles. The Balaban J connectivity index is 1.95. The van der Waals surface area contributed by atoms with Crippen molar-refractivity contribution in [2.75, 3.05) is 14.2 Å². The number of aromatic nitrogens is 2. The zero-order valence-corrected chi connectivity index (χ0v) is 14.9. The molecule has 1 aromatic carbocycles. The van der Waals surface area contributed by atoms with Crippen molar-refractivity contribution in [1.82, 2.24) is 10.1 Å². The Bertz CT molecular complexity index is 931. The molecular formula is C18H16N2O5S. The third-order valence-electron chi connectivity index (χ3n) is 3.57. The number of nitrogens with zero attached hydrogens (tertiary/aromatic N) is 2. The van der Waals surface area contributed by atoms with Crippen LogP contribution in [0.1, 0.15) is 17.9 Å². The summed E-state index contributed by atoms with van der Waals surface area (Å²) in [5, 5.41) is 16.9. The van der Waals surface area contributed by atoms with Crippen LogP contribution >= 0.6 is 11.3 Å². The maximum atomic E-state index is 11.2. The summed E-state index contributed by atoms with van der Waals surface area (Å²) in [6, 6.07) is 7.13. The van der Waals surface area contributed by atoms with Crippen molar-refractivity contribution >= 4 is 29.0 Å². The lowest BCUT2D eigenvalue weighted by molar-refractivity contribution is -0.135. The predicted molar refractivity (Wildman–Crippen MR) is 97.3 cm³/mol. The molecule has 3 rings (SSSR count). The number of methoxy groups -OCH3 is 2. The van der Waals surface area contributed by atoms with Crippen molar-refractivity contribution in [2.45, 2.75) is 6.42 Å². The number of carbonyl (C=O) groups is 1. The van der Waals surface area contributed by atoms with Gasteiger partial charge in [0.15, 0.2) is 11.5 Å². The highest BCUT2D eigenvalue weighted by Gasteiger charge is 2.17. The topological polar surface area (TPSA) is 94.7 Å². The minimum atomic E-state index is -0.975. The molecule has 3 aromatic rings. The van der Waals surface area contributed by atoms with Crippen molar-refractivity contribution in [3.63, 3.8) is 0 Å². The van der Waals surface area contributed by atoms with Gasteiger partial charge in [-0.25, -0.2) is 0 Å². The molecule has 7 nitrogen and oxygen atoms in total. The second kappa shape index (κ2) is 7.83. The molecule has 0 aliphatic rings. The molecule has 26 heavy (non-hydrogen) atoms. The van der Waals surface area contributed by atoms with Crippen LogP contribution in [0.15, 0.2) is 39.5 Å². The summed E-state index contributed by atoms with van der Waals surface area (Å²) in [4.78, 5) is 15.5. The lowest BCUT2D eigenvalue weighted by Crippen LogP contribution is -1.97. The lowest BCUT2D eigenvalue weighted by atomic mass is 10.1. The smallest absolute Gasteiger partial charge is 0.308 e. The van der Waals surface area contributed by atoms with Gasteiger partial charge in [0.05, 0.1) is 20.6 Å². The first-order chi connectivity index (χ1) is 12.6. The second-order valence-corrected chi connectivity index (χ2v) is 6.07. The number of carboxylic acid groups (broad SMARTS) is 1. The largest absolute Gasteiger partial charge is 0.493 e. The van der Waals surface area contributed by atoms with Crippen molar-refractivity contribution in [2.24, 2.45) is 0 Å². The van der Waals surface area contributed by atoms with E-state index in [1.807, 2.05) is 16.8 Å². The fourth-order valence-electron chi connectivity index (χ4n) is 2.36. The fourth-order valence-corrected chi connectivity index (χ4v) is 2.97. The standard InChI is InChI=1S/C18H16N2O5S/c1-23-14-4-3-12(8-15(14)24-2)17-19-18(25-20-17)13(9-16(21)22)7-11-5-6-26-10-11/h3-8,10H,9H2,1-2H3,(H,21,22)/b13-7+. The summed E-state index contributed by atoms with van der Waals surface area (Å²) in [6.07, 6.45) is 1.51. The molecule has 0 aliphatic heterocycles. The highest BCUT2D eigenvalue weighted by atomic mass is 32.1. The molecule has 0 spiro atoms. The van der Waals surface area contributed by atoms with Gasteiger partial charge >= 0.3 is 5.97 Å². The summed E-state index contributed by atoms with van der Waals surface area (Å²) in [5.41, 5.74) is 2.00. The maximum absolute atomic E-state index is 11.2. The number of benzene rings is 1. The third-order valence-corrected chi connectivity index (χ3v) is 4.27. The number of ether oxygens (including phenoxy) is 2. The molecular weight excluding hydrogens is 356 g/mol. The molecule has 0 atom stereocenters. The van der Waals surface area contributed by atoms with Crippen LogP contribution in [0.3, 0.4) is 0 Å². The van der Waals surface area contributed by atoms with Crippen LogP contribution in [-0.2, 0) is 4.79 Å².